The number of carbonyl (C=O) groups is 2. The lowest BCUT2D eigenvalue weighted by atomic mass is 10.2. The van der Waals surface area contributed by atoms with Crippen LogP contribution in [0.25, 0.3) is 11.3 Å². The van der Waals surface area contributed by atoms with Crippen molar-refractivity contribution < 1.29 is 9.59 Å². The van der Waals surface area contributed by atoms with Crippen molar-refractivity contribution in [1.29, 1.82) is 0 Å². The Morgan fingerprint density at radius 3 is 2.39 bits per heavy atom. The molecule has 1 atom stereocenters. The summed E-state index contributed by atoms with van der Waals surface area (Å²) in [6.07, 6.45) is 0. The molecule has 0 saturated heterocycles. The molecular formula is C24H22Cl2N6O2S2. The quantitative estimate of drug-likeness (QED) is 0.245. The van der Waals surface area contributed by atoms with E-state index in [2.05, 4.69) is 25.8 Å². The number of aromatic nitrogens is 4. The average Bonchev–Trinajstić information content (AvgIpc) is 3.50. The van der Waals surface area contributed by atoms with Crippen LogP contribution in [0, 0.1) is 0 Å². The number of halogens is 2. The van der Waals surface area contributed by atoms with Crippen molar-refractivity contribution in [3.8, 4) is 11.3 Å². The van der Waals surface area contributed by atoms with E-state index in [1.807, 2.05) is 35.9 Å². The molecule has 0 aliphatic rings. The predicted octanol–water partition coefficient (Wildman–Crippen LogP) is 5.95. The molecule has 12 heteroatoms. The second-order valence-electron chi connectivity index (χ2n) is 7.67. The van der Waals surface area contributed by atoms with Crippen molar-refractivity contribution >= 4 is 63.2 Å². The molecule has 2 N–H and O–H groups in total. The topological polar surface area (TPSA) is 102 Å². The third kappa shape index (κ3) is 6.44. The molecule has 0 spiro atoms. The Labute approximate surface area is 226 Å². The van der Waals surface area contributed by atoms with Crippen LogP contribution in [0.15, 0.2) is 59.1 Å². The first-order valence-electron chi connectivity index (χ1n) is 11.0. The molecule has 0 unspecified atom stereocenters. The maximum atomic E-state index is 12.6. The van der Waals surface area contributed by atoms with E-state index >= 15 is 0 Å². The first kappa shape index (κ1) is 26.2. The molecule has 2 heterocycles. The Hall–Kier alpha value is -2.92. The van der Waals surface area contributed by atoms with Crippen LogP contribution >= 0.6 is 46.3 Å². The number of nitrogens with zero attached hydrogens (tertiary/aromatic N) is 4. The van der Waals surface area contributed by atoms with Gasteiger partial charge in [0.15, 0.2) is 16.1 Å². The van der Waals surface area contributed by atoms with Gasteiger partial charge in [-0.2, -0.15) is 0 Å². The minimum absolute atomic E-state index is 0.138. The SMILES string of the molecule is CCn1c(SCC(=O)Nc2nc(-c3ccc(Cl)cc3)cs2)nnc1[C@H](C)NC(=O)c1ccc(Cl)cc1. The van der Waals surface area contributed by atoms with Crippen LogP contribution in [0.1, 0.15) is 36.1 Å². The van der Waals surface area contributed by atoms with Crippen LogP contribution in [0.2, 0.25) is 10.0 Å². The molecule has 0 radical (unpaired) electrons. The summed E-state index contributed by atoms with van der Waals surface area (Å²) < 4.78 is 1.88. The smallest absolute Gasteiger partial charge is 0.251 e. The molecule has 8 nitrogen and oxygen atoms in total. The van der Waals surface area contributed by atoms with Crippen LogP contribution in [0.4, 0.5) is 5.13 Å². The standard InChI is InChI=1S/C24H22Cl2N6O2S2/c1-3-32-21(14(2)27-22(34)16-6-10-18(26)11-7-16)30-31-24(32)36-13-20(33)29-23-28-19(12-35-23)15-4-8-17(25)9-5-15/h4-12,14H,3,13H2,1-2H3,(H,27,34)(H,28,29,33)/t14-/m0/s1. The zero-order chi connectivity index (χ0) is 25.7. The van der Waals surface area contributed by atoms with Crippen LogP contribution < -0.4 is 10.6 Å². The lowest BCUT2D eigenvalue weighted by molar-refractivity contribution is -0.113. The van der Waals surface area contributed by atoms with Crippen LogP contribution in [-0.2, 0) is 11.3 Å². The minimum Gasteiger partial charge on any atom is -0.342 e. The number of nitrogens with one attached hydrogen (secondary N) is 2. The van der Waals surface area contributed by atoms with Gasteiger partial charge in [0.2, 0.25) is 5.91 Å². The van der Waals surface area contributed by atoms with Crippen LogP contribution in [-0.4, -0.2) is 37.3 Å². The summed E-state index contributed by atoms with van der Waals surface area (Å²) in [7, 11) is 0. The van der Waals surface area contributed by atoms with Gasteiger partial charge < -0.3 is 15.2 Å². The highest BCUT2D eigenvalue weighted by atomic mass is 35.5. The molecular weight excluding hydrogens is 539 g/mol. The molecule has 186 valence electrons. The van der Waals surface area contributed by atoms with Crippen LogP contribution in [0.5, 0.6) is 0 Å². The molecule has 2 amide bonds. The van der Waals surface area contributed by atoms with Gasteiger partial charge in [-0.25, -0.2) is 4.98 Å². The van der Waals surface area contributed by atoms with E-state index in [0.717, 1.165) is 11.3 Å². The molecule has 4 rings (SSSR count). The van der Waals surface area contributed by atoms with E-state index in [1.165, 1.54) is 23.1 Å². The Kier molecular flexibility index (Phi) is 8.63. The number of rotatable bonds is 9. The Morgan fingerprint density at radius 2 is 1.72 bits per heavy atom. The summed E-state index contributed by atoms with van der Waals surface area (Å²) in [5.74, 6) is 0.308. The lowest BCUT2D eigenvalue weighted by Crippen LogP contribution is -2.28. The highest BCUT2D eigenvalue weighted by Gasteiger charge is 2.20. The normalized spacial score (nSPS) is 11.8. The number of thioether (sulfide) groups is 1. The number of anilines is 1. The maximum absolute atomic E-state index is 12.6. The van der Waals surface area contributed by atoms with Crippen LogP contribution in [0.3, 0.4) is 0 Å². The van der Waals surface area contributed by atoms with E-state index in [0.29, 0.717) is 38.3 Å². The van der Waals surface area contributed by atoms with Crippen molar-refractivity contribution in [2.45, 2.75) is 31.6 Å². The summed E-state index contributed by atoms with van der Waals surface area (Å²) in [5.41, 5.74) is 2.19. The number of carbonyl (C=O) groups excluding carboxylic acids is 2. The number of thiazole rings is 1. The molecule has 4 aromatic rings. The van der Waals surface area contributed by atoms with Gasteiger partial charge in [-0.15, -0.1) is 21.5 Å². The van der Waals surface area contributed by atoms with Crippen molar-refractivity contribution in [2.24, 2.45) is 0 Å². The molecule has 0 bridgehead atoms. The van der Waals surface area contributed by atoms with Gasteiger partial charge in [-0.05, 0) is 50.2 Å². The molecule has 36 heavy (non-hydrogen) atoms. The summed E-state index contributed by atoms with van der Waals surface area (Å²) in [6, 6.07) is 13.6. The fraction of sp³-hybridized carbons (Fsp3) is 0.208. The summed E-state index contributed by atoms with van der Waals surface area (Å²) in [6.45, 7) is 4.38. The molecule has 2 aromatic carbocycles. The van der Waals surface area contributed by atoms with Gasteiger partial charge in [-0.3, -0.25) is 9.59 Å². The third-order valence-corrected chi connectivity index (χ3v) is 7.35. The zero-order valence-corrected chi connectivity index (χ0v) is 22.5. The zero-order valence-electron chi connectivity index (χ0n) is 19.4. The molecule has 0 saturated carbocycles. The third-order valence-electron chi connectivity index (χ3n) is 5.13. The Bertz CT molecular complexity index is 1360. The van der Waals surface area contributed by atoms with E-state index in [1.54, 1.807) is 36.4 Å². The number of hydrogen-bond donors (Lipinski definition) is 2. The predicted molar refractivity (Wildman–Crippen MR) is 145 cm³/mol. The van der Waals surface area contributed by atoms with E-state index in [9.17, 15) is 9.59 Å². The first-order chi connectivity index (χ1) is 17.3. The van der Waals surface area contributed by atoms with Crippen molar-refractivity contribution in [3.05, 3.63) is 75.3 Å². The molecule has 0 aliphatic heterocycles. The maximum Gasteiger partial charge on any atom is 0.251 e. The Morgan fingerprint density at radius 1 is 1.06 bits per heavy atom. The van der Waals surface area contributed by atoms with Gasteiger partial charge in [-0.1, -0.05) is 47.1 Å². The van der Waals surface area contributed by atoms with Crippen molar-refractivity contribution in [3.63, 3.8) is 0 Å². The first-order valence-corrected chi connectivity index (χ1v) is 13.6. The number of hydrogen-bond acceptors (Lipinski definition) is 7. The molecule has 0 fully saturated rings. The largest absolute Gasteiger partial charge is 0.342 e. The summed E-state index contributed by atoms with van der Waals surface area (Å²) in [5, 5.41) is 18.5. The fourth-order valence-electron chi connectivity index (χ4n) is 3.34. The van der Waals surface area contributed by atoms with Gasteiger partial charge in [0.25, 0.3) is 5.91 Å². The van der Waals surface area contributed by atoms with Gasteiger partial charge in [0.1, 0.15) is 0 Å². The van der Waals surface area contributed by atoms with E-state index in [4.69, 9.17) is 23.2 Å². The number of amides is 2. The second-order valence-corrected chi connectivity index (χ2v) is 10.3. The second kappa shape index (κ2) is 11.9. The Balaban J connectivity index is 1.34. The molecule has 2 aromatic heterocycles. The molecule has 0 aliphatic carbocycles. The highest BCUT2D eigenvalue weighted by molar-refractivity contribution is 7.99. The van der Waals surface area contributed by atoms with Gasteiger partial charge in [0.05, 0.1) is 17.5 Å². The van der Waals surface area contributed by atoms with E-state index < -0.39 is 0 Å². The fourth-order valence-corrected chi connectivity index (χ4v) is 5.14. The van der Waals surface area contributed by atoms with Gasteiger partial charge >= 0.3 is 0 Å². The van der Waals surface area contributed by atoms with Crippen molar-refractivity contribution in [1.82, 2.24) is 25.1 Å². The monoisotopic (exact) mass is 560 g/mol. The number of benzene rings is 2. The van der Waals surface area contributed by atoms with E-state index in [-0.39, 0.29) is 23.6 Å². The lowest BCUT2D eigenvalue weighted by Gasteiger charge is -2.15. The minimum atomic E-state index is -0.384. The van der Waals surface area contributed by atoms with Gasteiger partial charge in [0, 0.05) is 33.1 Å². The van der Waals surface area contributed by atoms with Crippen molar-refractivity contribution in [2.75, 3.05) is 11.1 Å². The highest BCUT2D eigenvalue weighted by Crippen LogP contribution is 2.27. The summed E-state index contributed by atoms with van der Waals surface area (Å²) in [4.78, 5) is 29.6. The average molecular weight is 562 g/mol. The summed E-state index contributed by atoms with van der Waals surface area (Å²) >= 11 is 14.5.